The van der Waals surface area contributed by atoms with Gasteiger partial charge in [-0.3, -0.25) is 4.90 Å². The van der Waals surface area contributed by atoms with Crippen LogP contribution in [0.4, 0.5) is 0 Å². The zero-order valence-corrected chi connectivity index (χ0v) is 13.5. The first kappa shape index (κ1) is 14.6. The van der Waals surface area contributed by atoms with Gasteiger partial charge >= 0.3 is 0 Å². The Morgan fingerprint density at radius 3 is 2.76 bits per heavy atom. The van der Waals surface area contributed by atoms with E-state index in [1.54, 1.807) is 0 Å². The summed E-state index contributed by atoms with van der Waals surface area (Å²) in [4.78, 5) is 2.58. The number of likely N-dealkylation sites (tertiary alicyclic amines) is 1. The van der Waals surface area contributed by atoms with Gasteiger partial charge in [0, 0.05) is 36.7 Å². The number of fused-ring (bicyclic) bond motifs is 1. The molecule has 0 amide bonds. The van der Waals surface area contributed by atoms with E-state index in [0.717, 1.165) is 25.6 Å². The van der Waals surface area contributed by atoms with Crippen molar-refractivity contribution in [2.24, 2.45) is 24.6 Å². The maximum absolute atomic E-state index is 5.94. The van der Waals surface area contributed by atoms with Gasteiger partial charge in [0.15, 0.2) is 0 Å². The molecule has 2 aromatic rings. The number of piperidine rings is 1. The van der Waals surface area contributed by atoms with E-state index >= 15 is 0 Å². The zero-order chi connectivity index (χ0) is 15.0. The third kappa shape index (κ3) is 2.60. The van der Waals surface area contributed by atoms with Crippen molar-refractivity contribution in [3.63, 3.8) is 0 Å². The van der Waals surface area contributed by atoms with Crippen LogP contribution in [-0.4, -0.2) is 29.1 Å². The molecule has 1 saturated heterocycles. The Bertz CT molecular complexity index is 590. The smallest absolute Gasteiger partial charge is 0.0483 e. The molecule has 1 aromatic carbocycles. The molecule has 2 N–H and O–H groups in total. The summed E-state index contributed by atoms with van der Waals surface area (Å²) in [5.74, 6) is 1.41. The lowest BCUT2D eigenvalue weighted by Crippen LogP contribution is -2.42. The fourth-order valence-corrected chi connectivity index (χ4v) is 3.75. The number of benzene rings is 1. The molecule has 3 heteroatoms. The number of nitrogens with two attached hydrogens (primary N) is 1. The number of hydrogen-bond donors (Lipinski definition) is 1. The topological polar surface area (TPSA) is 34.2 Å². The van der Waals surface area contributed by atoms with Crippen LogP contribution >= 0.6 is 0 Å². The van der Waals surface area contributed by atoms with Crippen LogP contribution in [0.15, 0.2) is 24.3 Å². The number of aromatic nitrogens is 1. The summed E-state index contributed by atoms with van der Waals surface area (Å²) in [5, 5.41) is 1.38. The average molecular weight is 285 g/mol. The van der Waals surface area contributed by atoms with Crippen molar-refractivity contribution in [1.82, 2.24) is 9.47 Å². The summed E-state index contributed by atoms with van der Waals surface area (Å²) in [6.07, 6.45) is 1.27. The first-order chi connectivity index (χ1) is 10.1. The van der Waals surface area contributed by atoms with Crippen LogP contribution in [-0.2, 0) is 13.6 Å². The predicted octanol–water partition coefficient (Wildman–Crippen LogP) is 2.90. The Morgan fingerprint density at radius 1 is 1.29 bits per heavy atom. The van der Waals surface area contributed by atoms with Crippen LogP contribution < -0.4 is 5.73 Å². The van der Waals surface area contributed by atoms with Crippen molar-refractivity contribution in [2.45, 2.75) is 26.8 Å². The second-order valence-corrected chi connectivity index (χ2v) is 6.64. The van der Waals surface area contributed by atoms with E-state index < -0.39 is 0 Å². The highest BCUT2D eigenvalue weighted by Crippen LogP contribution is 2.28. The first-order valence-corrected chi connectivity index (χ1v) is 8.07. The predicted molar refractivity (Wildman–Crippen MR) is 89.3 cm³/mol. The van der Waals surface area contributed by atoms with Gasteiger partial charge in [-0.2, -0.15) is 0 Å². The molecule has 1 aromatic heterocycles. The van der Waals surface area contributed by atoms with Gasteiger partial charge in [-0.25, -0.2) is 0 Å². The normalized spacial score (nSPS) is 23.8. The molecule has 0 aliphatic carbocycles. The van der Waals surface area contributed by atoms with E-state index in [1.165, 1.54) is 35.1 Å². The zero-order valence-electron chi connectivity index (χ0n) is 13.5. The van der Waals surface area contributed by atoms with Crippen molar-refractivity contribution in [2.75, 3.05) is 19.6 Å². The third-order valence-electron chi connectivity index (χ3n) is 5.38. The number of rotatable bonds is 3. The SMILES string of the molecule is Cc1c(CN2CCC(C)C(CN)C2)n(C)c2ccccc12. The average Bonchev–Trinajstić information content (AvgIpc) is 2.74. The monoisotopic (exact) mass is 285 g/mol. The molecule has 3 nitrogen and oxygen atoms in total. The maximum atomic E-state index is 5.94. The standard InChI is InChI=1S/C18H27N3/c1-13-8-9-21(11-15(13)10-19)12-18-14(2)16-6-4-5-7-17(16)20(18)3/h4-7,13,15H,8-12,19H2,1-3H3. The summed E-state index contributed by atoms with van der Waals surface area (Å²) < 4.78 is 2.36. The molecule has 0 spiro atoms. The van der Waals surface area contributed by atoms with Crippen molar-refractivity contribution in [1.29, 1.82) is 0 Å². The van der Waals surface area contributed by atoms with Crippen LogP contribution in [0.2, 0.25) is 0 Å². The molecule has 114 valence electrons. The fraction of sp³-hybridized carbons (Fsp3) is 0.556. The van der Waals surface area contributed by atoms with Gasteiger partial charge < -0.3 is 10.3 Å². The van der Waals surface area contributed by atoms with Gasteiger partial charge in [0.1, 0.15) is 0 Å². The van der Waals surface area contributed by atoms with E-state index in [1.807, 2.05) is 0 Å². The molecule has 2 heterocycles. The molecule has 21 heavy (non-hydrogen) atoms. The Hall–Kier alpha value is -1.32. The minimum absolute atomic E-state index is 0.647. The highest BCUT2D eigenvalue weighted by Gasteiger charge is 2.26. The Balaban J connectivity index is 1.85. The van der Waals surface area contributed by atoms with E-state index in [9.17, 15) is 0 Å². The molecule has 1 fully saturated rings. The fourth-order valence-electron chi connectivity index (χ4n) is 3.75. The lowest BCUT2D eigenvalue weighted by atomic mass is 9.87. The van der Waals surface area contributed by atoms with E-state index in [4.69, 9.17) is 5.73 Å². The number of aryl methyl sites for hydroxylation is 2. The molecule has 0 radical (unpaired) electrons. The summed E-state index contributed by atoms with van der Waals surface area (Å²) in [5.41, 5.74) is 10.1. The molecule has 1 aliphatic rings. The molecule has 0 saturated carbocycles. The molecule has 2 atom stereocenters. The Kier molecular flexibility index (Phi) is 4.05. The van der Waals surface area contributed by atoms with Crippen molar-refractivity contribution in [3.8, 4) is 0 Å². The number of para-hydroxylation sites is 1. The van der Waals surface area contributed by atoms with Crippen LogP contribution in [0.25, 0.3) is 10.9 Å². The quantitative estimate of drug-likeness (QED) is 0.941. The Morgan fingerprint density at radius 2 is 2.05 bits per heavy atom. The van der Waals surface area contributed by atoms with Crippen molar-refractivity contribution >= 4 is 10.9 Å². The van der Waals surface area contributed by atoms with Crippen LogP contribution in [0.1, 0.15) is 24.6 Å². The van der Waals surface area contributed by atoms with Gasteiger partial charge in [0.05, 0.1) is 0 Å². The summed E-state index contributed by atoms with van der Waals surface area (Å²) in [7, 11) is 2.19. The van der Waals surface area contributed by atoms with Gasteiger partial charge in [-0.15, -0.1) is 0 Å². The lowest BCUT2D eigenvalue weighted by Gasteiger charge is -2.36. The minimum atomic E-state index is 0.647. The molecule has 2 unspecified atom stereocenters. The summed E-state index contributed by atoms with van der Waals surface area (Å²) >= 11 is 0. The first-order valence-electron chi connectivity index (χ1n) is 8.07. The van der Waals surface area contributed by atoms with Crippen LogP contribution in [0.5, 0.6) is 0 Å². The van der Waals surface area contributed by atoms with Gasteiger partial charge in [-0.1, -0.05) is 25.1 Å². The highest BCUT2D eigenvalue weighted by molar-refractivity contribution is 5.85. The van der Waals surface area contributed by atoms with E-state index in [0.29, 0.717) is 5.92 Å². The van der Waals surface area contributed by atoms with Crippen molar-refractivity contribution in [3.05, 3.63) is 35.5 Å². The molecule has 1 aliphatic heterocycles. The number of nitrogens with zero attached hydrogens (tertiary/aromatic N) is 2. The largest absolute Gasteiger partial charge is 0.346 e. The minimum Gasteiger partial charge on any atom is -0.346 e. The van der Waals surface area contributed by atoms with E-state index in [-0.39, 0.29) is 0 Å². The van der Waals surface area contributed by atoms with Crippen molar-refractivity contribution < 1.29 is 0 Å². The molecule has 0 bridgehead atoms. The Labute approximate surface area is 127 Å². The lowest BCUT2D eigenvalue weighted by molar-refractivity contribution is 0.124. The van der Waals surface area contributed by atoms with Gasteiger partial charge in [-0.05, 0) is 49.9 Å². The van der Waals surface area contributed by atoms with Gasteiger partial charge in [0.25, 0.3) is 0 Å². The highest BCUT2D eigenvalue weighted by atomic mass is 15.2. The van der Waals surface area contributed by atoms with E-state index in [2.05, 4.69) is 54.6 Å². The second-order valence-electron chi connectivity index (χ2n) is 6.64. The number of hydrogen-bond acceptors (Lipinski definition) is 2. The molecule has 3 rings (SSSR count). The second kappa shape index (κ2) is 5.82. The maximum Gasteiger partial charge on any atom is 0.0483 e. The van der Waals surface area contributed by atoms with Gasteiger partial charge in [0.2, 0.25) is 0 Å². The molecular formula is C18H27N3. The molecular weight excluding hydrogens is 258 g/mol. The summed E-state index contributed by atoms with van der Waals surface area (Å²) in [6.45, 7) is 8.78. The van der Waals surface area contributed by atoms with Crippen LogP contribution in [0, 0.1) is 18.8 Å². The van der Waals surface area contributed by atoms with Crippen LogP contribution in [0.3, 0.4) is 0 Å². The summed E-state index contributed by atoms with van der Waals surface area (Å²) in [6, 6.07) is 8.70. The third-order valence-corrected chi connectivity index (χ3v) is 5.38.